The van der Waals surface area contributed by atoms with Gasteiger partial charge in [-0.2, -0.15) is 0 Å². The molecule has 0 spiro atoms. The van der Waals surface area contributed by atoms with Gasteiger partial charge in [-0.3, -0.25) is 0 Å². The van der Waals surface area contributed by atoms with E-state index in [0.717, 1.165) is 29.9 Å². The van der Waals surface area contributed by atoms with Gasteiger partial charge in [-0.15, -0.1) is 0 Å². The molecule has 3 saturated carbocycles. The van der Waals surface area contributed by atoms with E-state index in [4.69, 9.17) is 0 Å². The van der Waals surface area contributed by atoms with E-state index < -0.39 is 11.4 Å². The summed E-state index contributed by atoms with van der Waals surface area (Å²) in [5.74, 6) is 0.522. The van der Waals surface area contributed by atoms with Crippen molar-refractivity contribution in [2.24, 2.45) is 23.2 Å². The molecule has 4 atom stereocenters. The molecule has 3 fully saturated rings. The van der Waals surface area contributed by atoms with E-state index in [1.54, 1.807) is 5.57 Å². The Hall–Kier alpha value is -0.900. The van der Waals surface area contributed by atoms with Crippen LogP contribution in [0.3, 0.4) is 0 Å². The molecule has 3 nitrogen and oxygen atoms in total. The summed E-state index contributed by atoms with van der Waals surface area (Å²) >= 11 is 0. The maximum absolute atomic E-state index is 10.0. The fourth-order valence-corrected chi connectivity index (χ4v) is 6.69. The van der Waals surface area contributed by atoms with E-state index in [2.05, 4.69) is 32.6 Å². The molecule has 3 rings (SSSR count). The molecule has 0 aromatic heterocycles. The van der Waals surface area contributed by atoms with Gasteiger partial charge in [0.05, 0.1) is 5.60 Å². The molecule has 0 aromatic rings. The second-order valence-electron chi connectivity index (χ2n) is 11.5. The molecule has 0 saturated heterocycles. The third-order valence-electron chi connectivity index (χ3n) is 8.43. The van der Waals surface area contributed by atoms with Crippen molar-refractivity contribution in [3.8, 4) is 0 Å². The Kier molecular flexibility index (Phi) is 7.06. The van der Waals surface area contributed by atoms with Crippen LogP contribution in [0, 0.1) is 23.2 Å². The minimum atomic E-state index is -1.58. The smallest absolute Gasteiger partial charge is 0.166 e. The molecule has 3 N–H and O–H groups in total. The van der Waals surface area contributed by atoms with E-state index >= 15 is 0 Å². The number of hydrogen-bond donors (Lipinski definition) is 3. The lowest BCUT2D eigenvalue weighted by atomic mass is 9.60. The second kappa shape index (κ2) is 8.92. The molecule has 0 heterocycles. The summed E-state index contributed by atoms with van der Waals surface area (Å²) in [5, 5.41) is 30.1. The number of rotatable bonds is 6. The molecule has 3 aliphatic rings. The van der Waals surface area contributed by atoms with Gasteiger partial charge in [0, 0.05) is 12.8 Å². The summed E-state index contributed by atoms with van der Waals surface area (Å²) in [7, 11) is 0. The molecule has 3 aliphatic carbocycles. The topological polar surface area (TPSA) is 60.7 Å². The van der Waals surface area contributed by atoms with Crippen LogP contribution in [-0.2, 0) is 0 Å². The number of aliphatic hydroxyl groups is 3. The maximum Gasteiger partial charge on any atom is 0.166 e. The van der Waals surface area contributed by atoms with Crippen LogP contribution in [0.4, 0.5) is 0 Å². The minimum Gasteiger partial charge on any atom is -0.390 e. The van der Waals surface area contributed by atoms with Crippen LogP contribution in [0.5, 0.6) is 0 Å². The summed E-state index contributed by atoms with van der Waals surface area (Å²) in [6.45, 7) is 12.9. The van der Waals surface area contributed by atoms with Crippen molar-refractivity contribution in [3.63, 3.8) is 0 Å². The van der Waals surface area contributed by atoms with Crippen molar-refractivity contribution in [1.82, 2.24) is 0 Å². The third kappa shape index (κ3) is 5.47. The van der Waals surface area contributed by atoms with Gasteiger partial charge in [-0.05, 0) is 87.5 Å². The van der Waals surface area contributed by atoms with Crippen LogP contribution in [0.2, 0.25) is 0 Å². The lowest BCUT2D eigenvalue weighted by Crippen LogP contribution is -2.36. The first-order valence-corrected chi connectivity index (χ1v) is 12.2. The normalized spacial score (nSPS) is 35.6. The first kappa shape index (κ1) is 23.8. The Morgan fingerprint density at radius 2 is 1.90 bits per heavy atom. The highest BCUT2D eigenvalue weighted by atomic mass is 16.5. The molecule has 0 amide bonds. The predicted molar refractivity (Wildman–Crippen MR) is 124 cm³/mol. The van der Waals surface area contributed by atoms with Gasteiger partial charge >= 0.3 is 0 Å². The SMILES string of the molecule is C=C1CCC(O)(O)C/C1=C\C=C1/CCC[C@]2(C)[C@@H]([C@H](C)CCCC(C)(C)O)CC[C@@H]12. The van der Waals surface area contributed by atoms with E-state index in [9.17, 15) is 15.3 Å². The molecule has 0 aliphatic heterocycles. The van der Waals surface area contributed by atoms with E-state index in [1.165, 1.54) is 38.5 Å². The first-order chi connectivity index (χ1) is 13.9. The average Bonchev–Trinajstić information content (AvgIpc) is 2.99. The predicted octanol–water partition coefficient (Wildman–Crippen LogP) is 6.05. The van der Waals surface area contributed by atoms with Crippen molar-refractivity contribution in [3.05, 3.63) is 35.5 Å². The zero-order valence-corrected chi connectivity index (χ0v) is 19.7. The van der Waals surface area contributed by atoms with Crippen LogP contribution >= 0.6 is 0 Å². The van der Waals surface area contributed by atoms with Crippen LogP contribution in [-0.4, -0.2) is 26.7 Å². The fourth-order valence-electron chi connectivity index (χ4n) is 6.69. The number of allylic oxidation sites excluding steroid dienone is 4. The zero-order chi connectivity index (χ0) is 22.2. The van der Waals surface area contributed by atoms with Crippen molar-refractivity contribution in [2.45, 2.75) is 110 Å². The molecule has 170 valence electrons. The Morgan fingerprint density at radius 1 is 1.17 bits per heavy atom. The molecule has 0 bridgehead atoms. The van der Waals surface area contributed by atoms with Gasteiger partial charge in [-0.1, -0.05) is 56.6 Å². The Labute approximate surface area is 184 Å². The van der Waals surface area contributed by atoms with Crippen LogP contribution in [0.15, 0.2) is 35.5 Å². The number of hydrogen-bond acceptors (Lipinski definition) is 3. The Balaban J connectivity index is 1.70. The van der Waals surface area contributed by atoms with Crippen LogP contribution < -0.4 is 0 Å². The monoisotopic (exact) mass is 416 g/mol. The average molecular weight is 417 g/mol. The Bertz CT molecular complexity index is 693. The van der Waals surface area contributed by atoms with Gasteiger partial charge < -0.3 is 15.3 Å². The lowest BCUT2D eigenvalue weighted by molar-refractivity contribution is -0.166. The van der Waals surface area contributed by atoms with Crippen molar-refractivity contribution in [1.29, 1.82) is 0 Å². The summed E-state index contributed by atoms with van der Waals surface area (Å²) in [4.78, 5) is 0. The standard InChI is InChI=1S/C27H44O3/c1-19-14-17-27(29,30)18-22(19)11-10-21-9-7-16-26(5)23(12-13-24(21)26)20(2)8-6-15-25(3,4)28/h10-11,20,23-24,28-30H,1,6-9,12-18H2,2-5H3/b21-10+,22-11+/t20-,23-,24+,26-/m1/s1. The lowest BCUT2D eigenvalue weighted by Gasteiger charge is -2.44. The number of fused-ring (bicyclic) bond motifs is 1. The van der Waals surface area contributed by atoms with Crippen molar-refractivity contribution in [2.75, 3.05) is 0 Å². The summed E-state index contributed by atoms with van der Waals surface area (Å²) < 4.78 is 0. The van der Waals surface area contributed by atoms with Gasteiger partial charge in [0.2, 0.25) is 0 Å². The van der Waals surface area contributed by atoms with Crippen molar-refractivity contribution >= 4 is 0 Å². The zero-order valence-electron chi connectivity index (χ0n) is 19.7. The second-order valence-corrected chi connectivity index (χ2v) is 11.5. The summed E-state index contributed by atoms with van der Waals surface area (Å²) in [5.41, 5.74) is 3.43. The van der Waals surface area contributed by atoms with E-state index in [0.29, 0.717) is 36.5 Å². The highest BCUT2D eigenvalue weighted by molar-refractivity contribution is 5.36. The van der Waals surface area contributed by atoms with Crippen molar-refractivity contribution < 1.29 is 15.3 Å². The molecule has 0 radical (unpaired) electrons. The fraction of sp³-hybridized carbons (Fsp3) is 0.778. The molecular weight excluding hydrogens is 372 g/mol. The van der Waals surface area contributed by atoms with Gasteiger partial charge in [0.25, 0.3) is 0 Å². The van der Waals surface area contributed by atoms with Gasteiger partial charge in [-0.25, -0.2) is 0 Å². The summed E-state index contributed by atoms with van der Waals surface area (Å²) in [6, 6.07) is 0. The quantitative estimate of drug-likeness (QED) is 0.462. The van der Waals surface area contributed by atoms with Gasteiger partial charge in [0.15, 0.2) is 5.79 Å². The Morgan fingerprint density at radius 3 is 2.60 bits per heavy atom. The van der Waals surface area contributed by atoms with Crippen LogP contribution in [0.25, 0.3) is 0 Å². The summed E-state index contributed by atoms with van der Waals surface area (Å²) in [6.07, 6.45) is 15.3. The third-order valence-corrected chi connectivity index (χ3v) is 8.43. The first-order valence-electron chi connectivity index (χ1n) is 12.2. The molecule has 3 heteroatoms. The molecule has 30 heavy (non-hydrogen) atoms. The maximum atomic E-state index is 10.0. The van der Waals surface area contributed by atoms with Crippen LogP contribution in [0.1, 0.15) is 98.3 Å². The molecule has 0 unspecified atom stereocenters. The largest absolute Gasteiger partial charge is 0.390 e. The minimum absolute atomic E-state index is 0.290. The molecule has 0 aromatic carbocycles. The molecular formula is C27H44O3. The highest BCUT2D eigenvalue weighted by Gasteiger charge is 2.50. The van der Waals surface area contributed by atoms with Gasteiger partial charge in [0.1, 0.15) is 0 Å². The van der Waals surface area contributed by atoms with E-state index in [1.807, 2.05) is 13.8 Å². The van der Waals surface area contributed by atoms with E-state index in [-0.39, 0.29) is 0 Å². The highest BCUT2D eigenvalue weighted by Crippen LogP contribution is 2.60.